The molecule has 0 saturated carbocycles. The quantitative estimate of drug-likeness (QED) is 0.785. The lowest BCUT2D eigenvalue weighted by molar-refractivity contribution is 0.0602. The molecule has 6 nitrogen and oxygen atoms in total. The number of fused-ring (bicyclic) bond motifs is 1. The maximum absolute atomic E-state index is 13.0. The SMILES string of the molecule is CC1NCCN(C(=O)c2cccc(CN3C(=O)c4ccccc4C3=O)c2)C1C.Cl. The summed E-state index contributed by atoms with van der Waals surface area (Å²) in [6.07, 6.45) is 0. The highest BCUT2D eigenvalue weighted by Crippen LogP contribution is 2.24. The van der Waals surface area contributed by atoms with Gasteiger partial charge in [-0.1, -0.05) is 24.3 Å². The van der Waals surface area contributed by atoms with Gasteiger partial charge in [-0.25, -0.2) is 0 Å². The molecular formula is C22H24ClN3O3. The lowest BCUT2D eigenvalue weighted by Crippen LogP contribution is -2.57. The second-order valence-corrected chi connectivity index (χ2v) is 7.42. The summed E-state index contributed by atoms with van der Waals surface area (Å²) in [5.74, 6) is -0.603. The van der Waals surface area contributed by atoms with Crippen LogP contribution in [-0.2, 0) is 6.54 Å². The van der Waals surface area contributed by atoms with Crippen molar-refractivity contribution < 1.29 is 14.4 Å². The number of benzene rings is 2. The maximum Gasteiger partial charge on any atom is 0.261 e. The number of hydrogen-bond donors (Lipinski definition) is 1. The molecule has 2 atom stereocenters. The molecule has 1 saturated heterocycles. The van der Waals surface area contributed by atoms with Gasteiger partial charge in [0.15, 0.2) is 0 Å². The second kappa shape index (κ2) is 8.35. The molecule has 2 unspecified atom stereocenters. The first-order valence-electron chi connectivity index (χ1n) is 9.56. The van der Waals surface area contributed by atoms with Crippen molar-refractivity contribution in [1.29, 1.82) is 0 Å². The monoisotopic (exact) mass is 413 g/mol. The number of piperazine rings is 1. The summed E-state index contributed by atoms with van der Waals surface area (Å²) in [4.78, 5) is 41.3. The van der Waals surface area contributed by atoms with Crippen LogP contribution < -0.4 is 5.32 Å². The zero-order chi connectivity index (χ0) is 19.8. The van der Waals surface area contributed by atoms with E-state index < -0.39 is 0 Å². The number of nitrogens with zero attached hydrogens (tertiary/aromatic N) is 2. The Hall–Kier alpha value is -2.70. The first kappa shape index (κ1) is 21.0. The highest BCUT2D eigenvalue weighted by Gasteiger charge is 2.35. The molecule has 0 radical (unpaired) electrons. The Morgan fingerprint density at radius 2 is 1.69 bits per heavy atom. The standard InChI is InChI=1S/C22H23N3O3.ClH/c1-14-15(2)24(11-10-23-14)20(26)17-7-5-6-16(12-17)13-25-21(27)18-8-3-4-9-19(18)22(25)28;/h3-9,12,14-15,23H,10-11,13H2,1-2H3;1H. The van der Waals surface area contributed by atoms with Crippen molar-refractivity contribution in [3.63, 3.8) is 0 Å². The average molecular weight is 414 g/mol. The Kier molecular flexibility index (Phi) is 6.05. The maximum atomic E-state index is 13.0. The van der Waals surface area contributed by atoms with Crippen molar-refractivity contribution in [2.45, 2.75) is 32.5 Å². The average Bonchev–Trinajstić information content (AvgIpc) is 2.95. The van der Waals surface area contributed by atoms with Gasteiger partial charge in [-0.05, 0) is 43.7 Å². The van der Waals surface area contributed by atoms with Crippen molar-refractivity contribution in [2.75, 3.05) is 13.1 Å². The van der Waals surface area contributed by atoms with Gasteiger partial charge in [-0.2, -0.15) is 0 Å². The molecule has 152 valence electrons. The minimum absolute atomic E-state index is 0. The molecule has 2 aromatic carbocycles. The Morgan fingerprint density at radius 1 is 1.03 bits per heavy atom. The lowest BCUT2D eigenvalue weighted by atomic mass is 10.0. The molecular weight excluding hydrogens is 390 g/mol. The highest BCUT2D eigenvalue weighted by atomic mass is 35.5. The smallest absolute Gasteiger partial charge is 0.261 e. The highest BCUT2D eigenvalue weighted by molar-refractivity contribution is 6.21. The molecule has 2 aliphatic rings. The van der Waals surface area contributed by atoms with E-state index in [0.29, 0.717) is 23.2 Å². The largest absolute Gasteiger partial charge is 0.333 e. The van der Waals surface area contributed by atoms with E-state index in [1.165, 1.54) is 4.90 Å². The normalized spacial score (nSPS) is 21.0. The van der Waals surface area contributed by atoms with Crippen LogP contribution >= 0.6 is 12.4 Å². The summed E-state index contributed by atoms with van der Waals surface area (Å²) in [5.41, 5.74) is 2.21. The topological polar surface area (TPSA) is 69.7 Å². The second-order valence-electron chi connectivity index (χ2n) is 7.42. The van der Waals surface area contributed by atoms with Gasteiger partial charge in [0.1, 0.15) is 0 Å². The molecule has 29 heavy (non-hydrogen) atoms. The van der Waals surface area contributed by atoms with Crippen LogP contribution in [0.5, 0.6) is 0 Å². The molecule has 1 N–H and O–H groups in total. The summed E-state index contributed by atoms with van der Waals surface area (Å²) in [7, 11) is 0. The van der Waals surface area contributed by atoms with Crippen LogP contribution in [-0.4, -0.2) is 52.7 Å². The van der Waals surface area contributed by atoms with Gasteiger partial charge in [0.2, 0.25) is 0 Å². The van der Waals surface area contributed by atoms with Gasteiger partial charge in [0.05, 0.1) is 17.7 Å². The van der Waals surface area contributed by atoms with Gasteiger partial charge in [-0.15, -0.1) is 12.4 Å². The van der Waals surface area contributed by atoms with Gasteiger partial charge in [0.25, 0.3) is 17.7 Å². The fourth-order valence-corrected chi connectivity index (χ4v) is 3.88. The van der Waals surface area contributed by atoms with Gasteiger partial charge < -0.3 is 10.2 Å². The molecule has 0 spiro atoms. The van der Waals surface area contributed by atoms with E-state index in [1.807, 2.05) is 17.9 Å². The summed E-state index contributed by atoms with van der Waals surface area (Å²) < 4.78 is 0. The number of nitrogens with one attached hydrogen (secondary N) is 1. The van der Waals surface area contributed by atoms with Crippen LogP contribution in [0.1, 0.15) is 50.5 Å². The summed E-state index contributed by atoms with van der Waals surface area (Å²) in [6, 6.07) is 14.4. The Labute approximate surface area is 176 Å². The molecule has 2 heterocycles. The van der Waals surface area contributed by atoms with Crippen molar-refractivity contribution in [2.24, 2.45) is 0 Å². The zero-order valence-corrected chi connectivity index (χ0v) is 17.2. The molecule has 2 aromatic rings. The van der Waals surface area contributed by atoms with Crippen LogP contribution in [0, 0.1) is 0 Å². The molecule has 1 fully saturated rings. The number of amides is 3. The minimum atomic E-state index is -0.290. The fourth-order valence-electron chi connectivity index (χ4n) is 3.88. The molecule has 0 aliphatic carbocycles. The van der Waals surface area contributed by atoms with Crippen LogP contribution in [0.4, 0.5) is 0 Å². The van der Waals surface area contributed by atoms with E-state index in [4.69, 9.17) is 0 Å². The van der Waals surface area contributed by atoms with Gasteiger partial charge in [0, 0.05) is 30.7 Å². The van der Waals surface area contributed by atoms with E-state index in [0.717, 1.165) is 12.1 Å². The third kappa shape index (κ3) is 3.78. The third-order valence-corrected chi connectivity index (χ3v) is 5.69. The molecule has 7 heteroatoms. The molecule has 3 amide bonds. The van der Waals surface area contributed by atoms with Crippen molar-refractivity contribution in [3.05, 3.63) is 70.8 Å². The van der Waals surface area contributed by atoms with Crippen molar-refractivity contribution in [3.8, 4) is 0 Å². The zero-order valence-electron chi connectivity index (χ0n) is 16.4. The number of hydrogen-bond acceptors (Lipinski definition) is 4. The number of halogens is 1. The van der Waals surface area contributed by atoms with E-state index in [2.05, 4.69) is 12.2 Å². The Bertz CT molecular complexity index is 927. The number of rotatable bonds is 3. The van der Waals surface area contributed by atoms with Crippen LogP contribution in [0.25, 0.3) is 0 Å². The minimum Gasteiger partial charge on any atom is -0.333 e. The van der Waals surface area contributed by atoms with Crippen LogP contribution in [0.2, 0.25) is 0 Å². The summed E-state index contributed by atoms with van der Waals surface area (Å²) in [6.45, 7) is 5.69. The number of carbonyl (C=O) groups excluding carboxylic acids is 3. The van der Waals surface area contributed by atoms with Crippen molar-refractivity contribution in [1.82, 2.24) is 15.1 Å². The predicted octanol–water partition coefficient (Wildman–Crippen LogP) is 2.73. The first-order valence-corrected chi connectivity index (χ1v) is 9.56. The Balaban J connectivity index is 0.00000240. The predicted molar refractivity (Wildman–Crippen MR) is 112 cm³/mol. The van der Waals surface area contributed by atoms with E-state index in [9.17, 15) is 14.4 Å². The lowest BCUT2D eigenvalue weighted by Gasteiger charge is -2.38. The fraction of sp³-hybridized carbons (Fsp3) is 0.318. The number of carbonyl (C=O) groups is 3. The Morgan fingerprint density at radius 3 is 2.34 bits per heavy atom. The molecule has 4 rings (SSSR count). The van der Waals surface area contributed by atoms with E-state index >= 15 is 0 Å². The van der Waals surface area contributed by atoms with Gasteiger partial charge in [-0.3, -0.25) is 19.3 Å². The van der Waals surface area contributed by atoms with E-state index in [-0.39, 0.29) is 48.8 Å². The molecule has 0 aromatic heterocycles. The first-order chi connectivity index (χ1) is 13.5. The number of imide groups is 1. The van der Waals surface area contributed by atoms with E-state index in [1.54, 1.807) is 42.5 Å². The van der Waals surface area contributed by atoms with Gasteiger partial charge >= 0.3 is 0 Å². The summed E-state index contributed by atoms with van der Waals surface area (Å²) in [5, 5.41) is 3.37. The van der Waals surface area contributed by atoms with Crippen molar-refractivity contribution >= 4 is 30.1 Å². The molecule has 2 aliphatic heterocycles. The van der Waals surface area contributed by atoms with Crippen LogP contribution in [0.3, 0.4) is 0 Å². The van der Waals surface area contributed by atoms with Crippen LogP contribution in [0.15, 0.2) is 48.5 Å². The summed E-state index contributed by atoms with van der Waals surface area (Å²) >= 11 is 0. The third-order valence-electron chi connectivity index (χ3n) is 5.69. The molecule has 0 bridgehead atoms.